The summed E-state index contributed by atoms with van der Waals surface area (Å²) in [5.41, 5.74) is 2.44. The van der Waals surface area contributed by atoms with Crippen LogP contribution in [0, 0.1) is 10.8 Å². The molecule has 2 aromatic carbocycles. The number of para-hydroxylation sites is 2. The van der Waals surface area contributed by atoms with Gasteiger partial charge in [0.2, 0.25) is 0 Å². The van der Waals surface area contributed by atoms with Gasteiger partial charge in [-0.3, -0.25) is 0 Å². The molecule has 4 amide bonds. The fourth-order valence-electron chi connectivity index (χ4n) is 7.15. The van der Waals surface area contributed by atoms with E-state index in [1.807, 2.05) is 21.9 Å². The Morgan fingerprint density at radius 3 is 1.68 bits per heavy atom. The molecule has 0 spiro atoms. The van der Waals surface area contributed by atoms with Crippen molar-refractivity contribution in [3.63, 3.8) is 0 Å². The molecule has 2 aliphatic heterocycles. The highest BCUT2D eigenvalue weighted by atomic mass is 16.2. The van der Waals surface area contributed by atoms with Crippen molar-refractivity contribution in [3.8, 4) is 0 Å². The summed E-state index contributed by atoms with van der Waals surface area (Å²) in [6, 6.07) is 21.0. The van der Waals surface area contributed by atoms with Gasteiger partial charge in [-0.2, -0.15) is 0 Å². The molecule has 8 nitrogen and oxygen atoms in total. The molecule has 1 aliphatic carbocycles. The standard InChI is InChI=1S/C32H46N6O2/c1-31(2)22-26(34-30(40)38-20-16-36(17-21-38)28-12-8-5-9-13-28)23-32(3,24-31)25-33-29(39)37-18-14-35(15-19-37)27-10-6-4-7-11-27/h4-13,26H,14-25H2,1-3H3,(H,33,39)(H,34,40)/t26-,32-/m1/s1. The van der Waals surface area contributed by atoms with Crippen molar-refractivity contribution >= 4 is 23.4 Å². The number of rotatable bonds is 5. The maximum atomic E-state index is 13.2. The number of nitrogens with one attached hydrogen (secondary N) is 2. The summed E-state index contributed by atoms with van der Waals surface area (Å²) < 4.78 is 0. The minimum atomic E-state index is -0.0762. The van der Waals surface area contributed by atoms with E-state index in [0.717, 1.165) is 71.6 Å². The number of carbonyl (C=O) groups excluding carboxylic acids is 2. The summed E-state index contributed by atoms with van der Waals surface area (Å²) in [4.78, 5) is 34.9. The third-order valence-electron chi connectivity index (χ3n) is 8.81. The average molecular weight is 547 g/mol. The number of amides is 4. The molecule has 3 fully saturated rings. The summed E-state index contributed by atoms with van der Waals surface area (Å²) in [6.45, 7) is 13.7. The molecule has 40 heavy (non-hydrogen) atoms. The van der Waals surface area contributed by atoms with Crippen molar-refractivity contribution in [2.24, 2.45) is 10.8 Å². The van der Waals surface area contributed by atoms with Gasteiger partial charge in [0.15, 0.2) is 0 Å². The zero-order chi connectivity index (χ0) is 28.2. The van der Waals surface area contributed by atoms with Crippen LogP contribution < -0.4 is 20.4 Å². The van der Waals surface area contributed by atoms with Crippen molar-refractivity contribution in [1.82, 2.24) is 20.4 Å². The summed E-state index contributed by atoms with van der Waals surface area (Å²) in [5, 5.41) is 6.62. The van der Waals surface area contributed by atoms with Crippen LogP contribution >= 0.6 is 0 Å². The van der Waals surface area contributed by atoms with E-state index in [4.69, 9.17) is 0 Å². The third kappa shape index (κ3) is 7.01. The van der Waals surface area contributed by atoms with E-state index >= 15 is 0 Å². The van der Waals surface area contributed by atoms with Crippen molar-refractivity contribution in [3.05, 3.63) is 60.7 Å². The predicted molar refractivity (Wildman–Crippen MR) is 162 cm³/mol. The second-order valence-corrected chi connectivity index (χ2v) is 13.0. The van der Waals surface area contributed by atoms with Gasteiger partial charge in [0.25, 0.3) is 0 Å². The average Bonchev–Trinajstić information content (AvgIpc) is 2.96. The topological polar surface area (TPSA) is 71.2 Å². The molecule has 2 saturated heterocycles. The molecule has 8 heteroatoms. The Morgan fingerprint density at radius 2 is 1.18 bits per heavy atom. The molecule has 0 unspecified atom stereocenters. The Labute approximate surface area is 239 Å². The van der Waals surface area contributed by atoms with Gasteiger partial charge in [-0.05, 0) is 54.4 Å². The monoisotopic (exact) mass is 546 g/mol. The molecule has 2 heterocycles. The lowest BCUT2D eigenvalue weighted by Gasteiger charge is -2.47. The lowest BCUT2D eigenvalue weighted by Crippen LogP contribution is -2.57. The maximum Gasteiger partial charge on any atom is 0.317 e. The number of piperazine rings is 2. The molecular weight excluding hydrogens is 500 g/mol. The van der Waals surface area contributed by atoms with E-state index in [1.54, 1.807) is 0 Å². The van der Waals surface area contributed by atoms with Crippen molar-refractivity contribution < 1.29 is 9.59 Å². The predicted octanol–water partition coefficient (Wildman–Crippen LogP) is 4.64. The number of hydrogen-bond donors (Lipinski definition) is 2. The van der Waals surface area contributed by atoms with Crippen molar-refractivity contribution in [1.29, 1.82) is 0 Å². The van der Waals surface area contributed by atoms with Crippen LogP contribution in [0.15, 0.2) is 60.7 Å². The first kappa shape index (κ1) is 28.1. The summed E-state index contributed by atoms with van der Waals surface area (Å²) >= 11 is 0. The lowest BCUT2D eigenvalue weighted by molar-refractivity contribution is 0.0705. The second kappa shape index (κ2) is 12.0. The Hall–Kier alpha value is -3.42. The van der Waals surface area contributed by atoms with Gasteiger partial charge in [0, 0.05) is 76.3 Å². The van der Waals surface area contributed by atoms with Gasteiger partial charge in [-0.25, -0.2) is 9.59 Å². The van der Waals surface area contributed by atoms with Gasteiger partial charge in [-0.15, -0.1) is 0 Å². The van der Waals surface area contributed by atoms with E-state index in [9.17, 15) is 9.59 Å². The summed E-state index contributed by atoms with van der Waals surface area (Å²) in [5.74, 6) is 0. The van der Waals surface area contributed by atoms with E-state index in [-0.39, 0.29) is 28.9 Å². The zero-order valence-electron chi connectivity index (χ0n) is 24.4. The van der Waals surface area contributed by atoms with Gasteiger partial charge < -0.3 is 30.2 Å². The molecule has 2 aromatic rings. The quantitative estimate of drug-likeness (QED) is 0.574. The van der Waals surface area contributed by atoms with E-state index in [0.29, 0.717) is 6.54 Å². The van der Waals surface area contributed by atoms with Gasteiger partial charge in [0.05, 0.1) is 0 Å². The highest BCUT2D eigenvalue weighted by Crippen LogP contribution is 2.45. The molecule has 1 saturated carbocycles. The summed E-state index contributed by atoms with van der Waals surface area (Å²) in [7, 11) is 0. The smallest absolute Gasteiger partial charge is 0.317 e. The number of urea groups is 2. The van der Waals surface area contributed by atoms with Crippen molar-refractivity contribution in [2.45, 2.75) is 46.1 Å². The number of benzene rings is 2. The van der Waals surface area contributed by atoms with Gasteiger partial charge in [-0.1, -0.05) is 57.2 Å². The molecule has 3 aliphatic rings. The fourth-order valence-corrected chi connectivity index (χ4v) is 7.15. The lowest BCUT2D eigenvalue weighted by atomic mass is 9.62. The van der Waals surface area contributed by atoms with Crippen LogP contribution in [0.4, 0.5) is 21.0 Å². The molecule has 0 bridgehead atoms. The van der Waals surface area contributed by atoms with Crippen LogP contribution in [0.1, 0.15) is 40.0 Å². The minimum Gasteiger partial charge on any atom is -0.368 e. The van der Waals surface area contributed by atoms with Gasteiger partial charge in [0.1, 0.15) is 0 Å². The molecular formula is C32H46N6O2. The maximum absolute atomic E-state index is 13.2. The highest BCUT2D eigenvalue weighted by molar-refractivity contribution is 5.75. The normalized spacial score (nSPS) is 24.9. The van der Waals surface area contributed by atoms with Crippen molar-refractivity contribution in [2.75, 3.05) is 68.7 Å². The Morgan fingerprint density at radius 1 is 0.700 bits per heavy atom. The fraction of sp³-hybridized carbons (Fsp3) is 0.562. The summed E-state index contributed by atoms with van der Waals surface area (Å²) in [6.07, 6.45) is 2.84. The highest BCUT2D eigenvalue weighted by Gasteiger charge is 2.42. The number of carbonyl (C=O) groups is 2. The molecule has 216 valence electrons. The van der Waals surface area contributed by atoms with E-state index < -0.39 is 0 Å². The Balaban J connectivity index is 1.10. The molecule has 2 N–H and O–H groups in total. The second-order valence-electron chi connectivity index (χ2n) is 13.0. The largest absolute Gasteiger partial charge is 0.368 e. The first-order valence-electron chi connectivity index (χ1n) is 14.9. The zero-order valence-corrected chi connectivity index (χ0v) is 24.4. The third-order valence-corrected chi connectivity index (χ3v) is 8.81. The Bertz CT molecular complexity index is 1130. The number of anilines is 2. The van der Waals surface area contributed by atoms with E-state index in [2.05, 4.69) is 89.7 Å². The van der Waals surface area contributed by atoms with Crippen LogP contribution in [0.3, 0.4) is 0 Å². The van der Waals surface area contributed by atoms with Gasteiger partial charge >= 0.3 is 12.1 Å². The molecule has 2 atom stereocenters. The SMILES string of the molecule is CC1(C)C[C@@H](NC(=O)N2CCN(c3ccccc3)CC2)C[C@@](C)(CNC(=O)N2CCN(c3ccccc3)CC2)C1. The van der Waals surface area contributed by atoms with E-state index in [1.165, 1.54) is 11.4 Å². The molecule has 5 rings (SSSR count). The minimum absolute atomic E-state index is 0.0224. The van der Waals surface area contributed by atoms with Crippen LogP contribution in [0.2, 0.25) is 0 Å². The van der Waals surface area contributed by atoms with Crippen LogP contribution in [-0.2, 0) is 0 Å². The molecule has 0 radical (unpaired) electrons. The number of nitrogens with zero attached hydrogens (tertiary/aromatic N) is 4. The van der Waals surface area contributed by atoms with Crippen LogP contribution in [0.25, 0.3) is 0 Å². The number of hydrogen-bond acceptors (Lipinski definition) is 4. The van der Waals surface area contributed by atoms with Crippen LogP contribution in [-0.4, -0.2) is 86.8 Å². The molecule has 0 aromatic heterocycles. The first-order chi connectivity index (χ1) is 19.2. The first-order valence-corrected chi connectivity index (χ1v) is 14.9. The van der Waals surface area contributed by atoms with Crippen LogP contribution in [0.5, 0.6) is 0 Å². The Kier molecular flexibility index (Phi) is 8.43.